The van der Waals surface area contributed by atoms with Gasteiger partial charge in [0.1, 0.15) is 40.8 Å². The van der Waals surface area contributed by atoms with Crippen LogP contribution in [0.15, 0.2) is 67.3 Å². The Balaban J connectivity index is 1.34. The van der Waals surface area contributed by atoms with Crippen LogP contribution in [-0.4, -0.2) is 104 Å². The van der Waals surface area contributed by atoms with E-state index in [0.717, 1.165) is 5.56 Å². The summed E-state index contributed by atoms with van der Waals surface area (Å²) in [5.41, 5.74) is -1.25. The second-order valence-corrected chi connectivity index (χ2v) is 20.1. The third kappa shape index (κ3) is 9.39. The zero-order valence-electron chi connectivity index (χ0n) is 35.6. The van der Waals surface area contributed by atoms with Gasteiger partial charge < -0.3 is 34.5 Å². The SMILES string of the molecule is C=CC1C[C@]1(NC(=O)[C@@H]1C[C@@H](Oc2cc(-c3ccccc3)nc3cc(OC)ccc23)CN1C(=O)[C@@H](NC(=O)OC(C)(C)C)C(C)(C)C)C(=O)NS(=O)(=O)C1(CCOC)CC1. The molecule has 3 aliphatic rings. The lowest BCUT2D eigenvalue weighted by atomic mass is 9.85. The smallest absolute Gasteiger partial charge is 0.408 e. The van der Waals surface area contributed by atoms with E-state index in [-0.39, 0.29) is 32.4 Å². The zero-order chi connectivity index (χ0) is 43.8. The van der Waals surface area contributed by atoms with Crippen LogP contribution in [0, 0.1) is 11.3 Å². The zero-order valence-corrected chi connectivity index (χ0v) is 36.4. The van der Waals surface area contributed by atoms with Gasteiger partial charge in [-0.25, -0.2) is 18.2 Å². The van der Waals surface area contributed by atoms with E-state index < -0.39 is 79.2 Å². The van der Waals surface area contributed by atoms with Gasteiger partial charge in [-0.1, -0.05) is 57.2 Å². The minimum atomic E-state index is -4.13. The van der Waals surface area contributed by atoms with E-state index in [9.17, 15) is 27.6 Å². The Morgan fingerprint density at radius 2 is 1.72 bits per heavy atom. The van der Waals surface area contributed by atoms with Crippen LogP contribution in [0.2, 0.25) is 0 Å². The first-order chi connectivity index (χ1) is 28.2. The van der Waals surface area contributed by atoms with Gasteiger partial charge >= 0.3 is 6.09 Å². The number of nitrogens with zero attached hydrogens (tertiary/aromatic N) is 2. The number of carbonyl (C=O) groups excluding carboxylic acids is 4. The number of likely N-dealkylation sites (tertiary alicyclic amines) is 1. The summed E-state index contributed by atoms with van der Waals surface area (Å²) in [7, 11) is -1.09. The van der Waals surface area contributed by atoms with Gasteiger partial charge in [0.05, 0.1) is 29.6 Å². The third-order valence-corrected chi connectivity index (χ3v) is 13.6. The van der Waals surface area contributed by atoms with Gasteiger partial charge in [0.2, 0.25) is 21.8 Å². The van der Waals surface area contributed by atoms with Crippen molar-refractivity contribution in [2.24, 2.45) is 11.3 Å². The number of fused-ring (bicyclic) bond motifs is 1. The number of methoxy groups -OCH3 is 2. The highest BCUT2D eigenvalue weighted by Gasteiger charge is 2.63. The topological polar surface area (TPSA) is 192 Å². The lowest BCUT2D eigenvalue weighted by Gasteiger charge is -2.36. The summed E-state index contributed by atoms with van der Waals surface area (Å²) in [5, 5.41) is 6.24. The van der Waals surface area contributed by atoms with Gasteiger partial charge in [-0.15, -0.1) is 6.58 Å². The van der Waals surface area contributed by atoms with Gasteiger partial charge in [0, 0.05) is 49.1 Å². The van der Waals surface area contributed by atoms with E-state index in [4.69, 9.17) is 23.9 Å². The van der Waals surface area contributed by atoms with Crippen molar-refractivity contribution in [3.8, 4) is 22.8 Å². The van der Waals surface area contributed by atoms with E-state index in [1.165, 1.54) is 18.1 Å². The molecule has 324 valence electrons. The number of alkyl carbamates (subject to hydrolysis) is 1. The number of pyridine rings is 1. The normalized spacial score (nSPS) is 22.6. The summed E-state index contributed by atoms with van der Waals surface area (Å²) in [5.74, 6) is -1.66. The summed E-state index contributed by atoms with van der Waals surface area (Å²) in [6.45, 7) is 14.4. The minimum Gasteiger partial charge on any atom is -0.497 e. The molecule has 6 rings (SSSR count). The first kappa shape index (κ1) is 44.3. The van der Waals surface area contributed by atoms with Crippen molar-refractivity contribution in [2.45, 2.75) is 108 Å². The van der Waals surface area contributed by atoms with Crippen molar-refractivity contribution in [1.29, 1.82) is 0 Å². The lowest BCUT2D eigenvalue weighted by molar-refractivity contribution is -0.143. The van der Waals surface area contributed by atoms with Crippen molar-refractivity contribution in [2.75, 3.05) is 27.4 Å². The van der Waals surface area contributed by atoms with Crippen LogP contribution < -0.4 is 24.8 Å². The summed E-state index contributed by atoms with van der Waals surface area (Å²) in [4.78, 5) is 62.7. The molecule has 2 heterocycles. The van der Waals surface area contributed by atoms with Gasteiger partial charge in [-0.05, 0) is 64.0 Å². The average Bonchev–Trinajstić information content (AvgIpc) is 4.09. The predicted octanol–water partition coefficient (Wildman–Crippen LogP) is 5.27. The maximum Gasteiger partial charge on any atom is 0.408 e. The van der Waals surface area contributed by atoms with Crippen LogP contribution in [0.4, 0.5) is 4.79 Å². The number of nitrogens with one attached hydrogen (secondary N) is 3. The molecule has 15 nitrogen and oxygen atoms in total. The maximum atomic E-state index is 14.8. The van der Waals surface area contributed by atoms with Crippen molar-refractivity contribution in [1.82, 2.24) is 25.2 Å². The number of rotatable bonds is 15. The van der Waals surface area contributed by atoms with Gasteiger partial charge in [0.25, 0.3) is 5.91 Å². The predicted molar refractivity (Wildman–Crippen MR) is 226 cm³/mol. The van der Waals surface area contributed by atoms with Gasteiger partial charge in [-0.3, -0.25) is 19.1 Å². The number of aromatic nitrogens is 1. The molecule has 1 saturated heterocycles. The standard InChI is InChI=1S/C44H57N5O10S/c1-10-28-25-44(28,39(52)48-60(54,55)43(18-19-43)20-21-56-8)47-37(50)34-23-30(26-49(34)38(51)36(41(2,3)4)46-40(53)59-42(5,6)7)58-35-24-32(27-14-12-11-13-15-27)45-33-22-29(57-9)16-17-31(33)35/h10-17,22,24,28,30,34,36H,1,18-21,23,25-26H2,2-9H3,(H,46,53)(H,47,50)(H,48,52)/t28?,30-,34+,36-,44-/m1/s1. The van der Waals surface area contributed by atoms with Gasteiger partial charge in [0.15, 0.2) is 0 Å². The molecule has 3 fully saturated rings. The van der Waals surface area contributed by atoms with E-state index in [0.29, 0.717) is 40.9 Å². The largest absolute Gasteiger partial charge is 0.497 e. The van der Waals surface area contributed by atoms with E-state index in [2.05, 4.69) is 21.9 Å². The highest BCUT2D eigenvalue weighted by molar-refractivity contribution is 7.91. The molecule has 4 amide bonds. The lowest BCUT2D eigenvalue weighted by Crippen LogP contribution is -2.60. The number of amides is 4. The number of carbonyl (C=O) groups is 4. The summed E-state index contributed by atoms with van der Waals surface area (Å²) >= 11 is 0. The molecule has 0 bridgehead atoms. The fourth-order valence-corrected chi connectivity index (χ4v) is 9.33. The van der Waals surface area contributed by atoms with E-state index >= 15 is 0 Å². The fraction of sp³-hybridized carbons (Fsp3) is 0.523. The summed E-state index contributed by atoms with van der Waals surface area (Å²) in [6.07, 6.45) is 1.02. The first-order valence-corrected chi connectivity index (χ1v) is 21.7. The molecule has 3 N–H and O–H groups in total. The van der Waals surface area contributed by atoms with Gasteiger partial charge in [-0.2, -0.15) is 0 Å². The summed E-state index contributed by atoms with van der Waals surface area (Å²) in [6, 6.07) is 14.4. The Bertz CT molecular complexity index is 2250. The molecule has 2 aromatic carbocycles. The second-order valence-electron chi connectivity index (χ2n) is 18.0. The molecule has 1 aliphatic heterocycles. The van der Waals surface area contributed by atoms with E-state index in [1.54, 1.807) is 60.8 Å². The van der Waals surface area contributed by atoms with Crippen molar-refractivity contribution < 1.29 is 46.5 Å². The van der Waals surface area contributed by atoms with E-state index in [1.807, 2.05) is 42.5 Å². The second kappa shape index (κ2) is 16.7. The Kier molecular flexibility index (Phi) is 12.3. The maximum absolute atomic E-state index is 14.8. The number of sulfonamides is 1. The summed E-state index contributed by atoms with van der Waals surface area (Å²) < 4.78 is 51.1. The number of hydrogen-bond acceptors (Lipinski definition) is 11. The molecule has 16 heteroatoms. The van der Waals surface area contributed by atoms with Crippen LogP contribution in [-0.2, 0) is 33.9 Å². The quantitative estimate of drug-likeness (QED) is 0.169. The number of ether oxygens (including phenoxy) is 4. The molecule has 0 spiro atoms. The Morgan fingerprint density at radius 1 is 1.02 bits per heavy atom. The third-order valence-electron chi connectivity index (χ3n) is 11.4. The van der Waals surface area contributed by atoms with Crippen molar-refractivity contribution in [3.05, 3.63) is 67.3 Å². The molecule has 1 unspecified atom stereocenters. The van der Waals surface area contributed by atoms with Crippen LogP contribution in [0.5, 0.6) is 11.5 Å². The molecule has 0 radical (unpaired) electrons. The number of hydrogen-bond donors (Lipinski definition) is 3. The molecule has 60 heavy (non-hydrogen) atoms. The molecular weight excluding hydrogens is 791 g/mol. The first-order valence-electron chi connectivity index (χ1n) is 20.2. The van der Waals surface area contributed by atoms with Crippen molar-refractivity contribution in [3.63, 3.8) is 0 Å². The Labute approximate surface area is 352 Å². The molecule has 5 atom stereocenters. The monoisotopic (exact) mass is 847 g/mol. The molecule has 1 aromatic heterocycles. The average molecular weight is 848 g/mol. The Morgan fingerprint density at radius 3 is 2.30 bits per heavy atom. The minimum absolute atomic E-state index is 0.00357. The van der Waals surface area contributed by atoms with Crippen LogP contribution in [0.1, 0.15) is 73.6 Å². The van der Waals surface area contributed by atoms with Crippen LogP contribution >= 0.6 is 0 Å². The molecule has 3 aromatic rings. The number of benzene rings is 2. The van der Waals surface area contributed by atoms with Crippen molar-refractivity contribution >= 4 is 44.7 Å². The van der Waals surface area contributed by atoms with Crippen LogP contribution in [0.25, 0.3) is 22.2 Å². The van der Waals surface area contributed by atoms with Crippen LogP contribution in [0.3, 0.4) is 0 Å². The highest BCUT2D eigenvalue weighted by Crippen LogP contribution is 2.49. The molecular formula is C44H57N5O10S. The Hall–Kier alpha value is -5.22. The molecule has 2 saturated carbocycles. The fourth-order valence-electron chi connectivity index (χ4n) is 7.69. The highest BCUT2D eigenvalue weighted by atomic mass is 32.2. The molecule has 2 aliphatic carbocycles.